The second-order valence-electron chi connectivity index (χ2n) is 10.1. The van der Waals surface area contributed by atoms with Crippen molar-refractivity contribution in [3.63, 3.8) is 0 Å². The summed E-state index contributed by atoms with van der Waals surface area (Å²) in [5.41, 5.74) is 2.46. The van der Waals surface area contributed by atoms with E-state index in [0.717, 1.165) is 35.1 Å². The lowest BCUT2D eigenvalue weighted by molar-refractivity contribution is -0.161. The fourth-order valence-corrected chi connectivity index (χ4v) is 5.60. The number of fused-ring (bicyclic) bond motifs is 3. The molecule has 2 aliphatic rings. The van der Waals surface area contributed by atoms with Gasteiger partial charge in [-0.25, -0.2) is 9.59 Å². The van der Waals surface area contributed by atoms with E-state index in [-0.39, 0.29) is 31.5 Å². The Balaban J connectivity index is 1.43. The zero-order chi connectivity index (χ0) is 25.2. The number of benzene rings is 2. The molecule has 0 saturated heterocycles. The van der Waals surface area contributed by atoms with Gasteiger partial charge < -0.3 is 20.1 Å². The van der Waals surface area contributed by atoms with Crippen LogP contribution in [0, 0.1) is 5.41 Å². The number of hydrogen-bond donors (Lipinski definition) is 2. The van der Waals surface area contributed by atoms with E-state index in [1.807, 2.05) is 24.3 Å². The van der Waals surface area contributed by atoms with Gasteiger partial charge in [0, 0.05) is 19.0 Å². The van der Waals surface area contributed by atoms with Gasteiger partial charge in [0.2, 0.25) is 5.91 Å². The highest BCUT2D eigenvalue weighted by molar-refractivity contribution is 5.90. The Morgan fingerprint density at radius 2 is 1.57 bits per heavy atom. The van der Waals surface area contributed by atoms with Gasteiger partial charge in [-0.05, 0) is 55.9 Å². The van der Waals surface area contributed by atoms with Crippen molar-refractivity contribution >= 4 is 18.0 Å². The molecule has 0 aliphatic heterocycles. The maximum Gasteiger partial charge on any atom is 0.407 e. The Hall–Kier alpha value is -3.35. The van der Waals surface area contributed by atoms with E-state index in [1.54, 1.807) is 20.8 Å². The summed E-state index contributed by atoms with van der Waals surface area (Å²) in [6.45, 7) is 5.48. The summed E-state index contributed by atoms with van der Waals surface area (Å²) in [5, 5.41) is 12.5. The van der Waals surface area contributed by atoms with Crippen LogP contribution in [0.4, 0.5) is 4.79 Å². The summed E-state index contributed by atoms with van der Waals surface area (Å²) in [5.74, 6) is -1.31. The maximum atomic E-state index is 13.6. The molecule has 0 heterocycles. The van der Waals surface area contributed by atoms with Crippen molar-refractivity contribution in [3.8, 4) is 11.1 Å². The summed E-state index contributed by atoms with van der Waals surface area (Å²) in [7, 11) is 0. The molecule has 7 heteroatoms. The largest absolute Gasteiger partial charge is 0.480 e. The van der Waals surface area contributed by atoms with Gasteiger partial charge in [-0.3, -0.25) is 4.79 Å². The minimum Gasteiger partial charge on any atom is -0.480 e. The Bertz CT molecular complexity index is 1070. The SMILES string of the molecule is CCN(C(=O)C1(CNC(=O)OCC2c3ccccc3-c3ccccc32)CCCC1)C(C)(C)C(=O)O. The quantitative estimate of drug-likeness (QED) is 0.568. The Labute approximate surface area is 206 Å². The van der Waals surface area contributed by atoms with Crippen molar-refractivity contribution in [1.29, 1.82) is 0 Å². The monoisotopic (exact) mass is 478 g/mol. The maximum absolute atomic E-state index is 13.6. The van der Waals surface area contributed by atoms with Gasteiger partial charge in [0.1, 0.15) is 12.1 Å². The molecule has 0 aromatic heterocycles. The number of alkyl carbamates (subject to hydrolysis) is 1. The molecule has 1 saturated carbocycles. The number of carboxylic acids is 1. The summed E-state index contributed by atoms with van der Waals surface area (Å²) in [6, 6.07) is 16.3. The number of nitrogens with one attached hydrogen (secondary N) is 1. The minimum atomic E-state index is -1.33. The van der Waals surface area contributed by atoms with Crippen molar-refractivity contribution in [2.75, 3.05) is 19.7 Å². The van der Waals surface area contributed by atoms with Crippen molar-refractivity contribution in [2.24, 2.45) is 5.41 Å². The van der Waals surface area contributed by atoms with Crippen molar-refractivity contribution in [1.82, 2.24) is 10.2 Å². The average Bonchev–Trinajstić information content (AvgIpc) is 3.45. The van der Waals surface area contributed by atoms with Crippen LogP contribution in [0.1, 0.15) is 63.5 Å². The van der Waals surface area contributed by atoms with E-state index in [4.69, 9.17) is 4.74 Å². The molecule has 4 rings (SSSR count). The van der Waals surface area contributed by atoms with Gasteiger partial charge >= 0.3 is 12.1 Å². The van der Waals surface area contributed by atoms with Gasteiger partial charge in [0.15, 0.2) is 0 Å². The number of ether oxygens (including phenoxy) is 1. The van der Waals surface area contributed by atoms with Crippen LogP contribution < -0.4 is 5.32 Å². The number of nitrogens with zero attached hydrogens (tertiary/aromatic N) is 1. The molecule has 2 aromatic rings. The van der Waals surface area contributed by atoms with Crippen LogP contribution in [-0.2, 0) is 14.3 Å². The summed E-state index contributed by atoms with van der Waals surface area (Å²) in [6.07, 6.45) is 2.39. The summed E-state index contributed by atoms with van der Waals surface area (Å²) >= 11 is 0. The smallest absolute Gasteiger partial charge is 0.407 e. The zero-order valence-corrected chi connectivity index (χ0v) is 20.7. The van der Waals surface area contributed by atoms with Gasteiger partial charge in [-0.1, -0.05) is 61.4 Å². The van der Waals surface area contributed by atoms with Crippen LogP contribution in [0.2, 0.25) is 0 Å². The first-order valence-electron chi connectivity index (χ1n) is 12.4. The van der Waals surface area contributed by atoms with Gasteiger partial charge in [-0.15, -0.1) is 0 Å². The molecule has 0 atom stereocenters. The molecule has 0 radical (unpaired) electrons. The number of aliphatic carboxylic acids is 1. The molecular formula is C28H34N2O5. The minimum absolute atomic E-state index is 0.0397. The van der Waals surface area contributed by atoms with Gasteiger partial charge in [0.05, 0.1) is 5.41 Å². The fourth-order valence-electron chi connectivity index (χ4n) is 5.60. The van der Waals surface area contributed by atoms with E-state index < -0.39 is 23.0 Å². The van der Waals surface area contributed by atoms with E-state index in [0.29, 0.717) is 12.8 Å². The van der Waals surface area contributed by atoms with Crippen molar-refractivity contribution in [3.05, 3.63) is 59.7 Å². The number of likely N-dealkylation sites (N-methyl/N-ethyl adjacent to an activating group) is 1. The van der Waals surface area contributed by atoms with Crippen LogP contribution >= 0.6 is 0 Å². The van der Waals surface area contributed by atoms with Crippen LogP contribution in [-0.4, -0.2) is 53.2 Å². The number of carbonyl (C=O) groups is 3. The molecule has 2 aliphatic carbocycles. The van der Waals surface area contributed by atoms with E-state index in [2.05, 4.69) is 29.6 Å². The fraction of sp³-hybridized carbons (Fsp3) is 0.464. The Morgan fingerprint density at radius 3 is 2.09 bits per heavy atom. The van der Waals surface area contributed by atoms with Crippen molar-refractivity contribution < 1.29 is 24.2 Å². The van der Waals surface area contributed by atoms with E-state index in [9.17, 15) is 19.5 Å². The number of rotatable bonds is 8. The Kier molecular flexibility index (Phi) is 6.88. The van der Waals surface area contributed by atoms with Crippen LogP contribution in [0.3, 0.4) is 0 Å². The molecule has 0 unspecified atom stereocenters. The molecule has 1 fully saturated rings. The molecule has 0 bridgehead atoms. The molecule has 35 heavy (non-hydrogen) atoms. The van der Waals surface area contributed by atoms with Crippen LogP contribution in [0.25, 0.3) is 11.1 Å². The highest BCUT2D eigenvalue weighted by Gasteiger charge is 2.48. The molecule has 7 nitrogen and oxygen atoms in total. The summed E-state index contributed by atoms with van der Waals surface area (Å²) < 4.78 is 5.65. The third-order valence-electron chi connectivity index (χ3n) is 7.69. The lowest BCUT2D eigenvalue weighted by Crippen LogP contribution is -2.58. The highest BCUT2D eigenvalue weighted by atomic mass is 16.5. The highest BCUT2D eigenvalue weighted by Crippen LogP contribution is 2.44. The van der Waals surface area contributed by atoms with E-state index >= 15 is 0 Å². The first-order chi connectivity index (χ1) is 16.7. The Morgan fingerprint density at radius 1 is 1.03 bits per heavy atom. The van der Waals surface area contributed by atoms with Gasteiger partial charge in [0.25, 0.3) is 0 Å². The summed E-state index contributed by atoms with van der Waals surface area (Å²) in [4.78, 5) is 39.5. The van der Waals surface area contributed by atoms with Gasteiger partial charge in [-0.2, -0.15) is 0 Å². The third-order valence-corrected chi connectivity index (χ3v) is 7.69. The normalized spacial score (nSPS) is 16.3. The molecule has 2 amide bonds. The topological polar surface area (TPSA) is 95.9 Å². The second kappa shape index (κ2) is 9.72. The number of carboxylic acid groups (broad SMARTS) is 1. The standard InChI is InChI=1S/C28H34N2O5/c1-4-30(27(2,3)25(32)33)24(31)28(15-9-10-16-28)18-29-26(34)35-17-23-21-13-7-5-11-19(21)20-12-6-8-14-22(20)23/h5-8,11-14,23H,4,9-10,15-18H2,1-3H3,(H,29,34)(H,32,33). The lowest BCUT2D eigenvalue weighted by Gasteiger charge is -2.40. The number of carbonyl (C=O) groups excluding carboxylic acids is 2. The molecule has 2 N–H and O–H groups in total. The second-order valence-corrected chi connectivity index (χ2v) is 10.1. The predicted molar refractivity (Wildman–Crippen MR) is 133 cm³/mol. The molecule has 0 spiro atoms. The zero-order valence-electron chi connectivity index (χ0n) is 20.7. The molecule has 186 valence electrons. The van der Waals surface area contributed by atoms with E-state index in [1.165, 1.54) is 4.90 Å². The molecule has 2 aromatic carbocycles. The first kappa shape index (κ1) is 24.8. The third kappa shape index (κ3) is 4.51. The van der Waals surface area contributed by atoms with Crippen molar-refractivity contribution in [2.45, 2.75) is 57.9 Å². The molecular weight excluding hydrogens is 444 g/mol. The first-order valence-corrected chi connectivity index (χ1v) is 12.4. The van der Waals surface area contributed by atoms with Crippen LogP contribution in [0.15, 0.2) is 48.5 Å². The predicted octanol–water partition coefficient (Wildman–Crippen LogP) is 4.80. The number of hydrogen-bond acceptors (Lipinski definition) is 4. The van der Waals surface area contributed by atoms with Crippen LogP contribution in [0.5, 0.6) is 0 Å². The lowest BCUT2D eigenvalue weighted by atomic mass is 9.82. The average molecular weight is 479 g/mol. The number of amides is 2.